The van der Waals surface area contributed by atoms with E-state index in [-0.39, 0.29) is 11.7 Å². The average Bonchev–Trinajstić information content (AvgIpc) is 2.82. The van der Waals surface area contributed by atoms with Gasteiger partial charge in [0, 0.05) is 6.20 Å². The molecule has 0 fully saturated rings. The van der Waals surface area contributed by atoms with Crippen molar-refractivity contribution in [3.8, 4) is 0 Å². The van der Waals surface area contributed by atoms with Crippen LogP contribution in [-0.2, 0) is 5.54 Å². The number of amides is 1. The van der Waals surface area contributed by atoms with Crippen LogP contribution in [-0.4, -0.2) is 16.1 Å². The number of hydrogen-bond donors (Lipinski definition) is 2. The van der Waals surface area contributed by atoms with Crippen LogP contribution in [0.5, 0.6) is 0 Å². The maximum Gasteiger partial charge on any atom is 0.269 e. The predicted molar refractivity (Wildman–Crippen MR) is 65.5 cm³/mol. The van der Waals surface area contributed by atoms with Gasteiger partial charge in [0.05, 0.1) is 5.54 Å². The number of hydrogen-bond acceptors (Lipinski definition) is 2. The molecule has 0 unspecified atom stereocenters. The third kappa shape index (κ3) is 2.56. The second-order valence-electron chi connectivity index (χ2n) is 4.56. The summed E-state index contributed by atoms with van der Waals surface area (Å²) >= 11 is 0. The monoisotopic (exact) mass is 247 g/mol. The van der Waals surface area contributed by atoms with E-state index >= 15 is 0 Å². The van der Waals surface area contributed by atoms with E-state index in [0.29, 0.717) is 11.3 Å². The van der Waals surface area contributed by atoms with E-state index < -0.39 is 5.54 Å². The summed E-state index contributed by atoms with van der Waals surface area (Å²) in [6.45, 7) is 3.63. The summed E-state index contributed by atoms with van der Waals surface area (Å²) < 4.78 is 13.2. The highest BCUT2D eigenvalue weighted by Crippen LogP contribution is 2.21. The fraction of sp³-hybridized carbons (Fsp3) is 0.231. The van der Waals surface area contributed by atoms with E-state index in [2.05, 4.69) is 15.5 Å². The van der Waals surface area contributed by atoms with E-state index in [1.807, 2.05) is 13.8 Å². The first kappa shape index (κ1) is 12.3. The second kappa shape index (κ2) is 4.60. The van der Waals surface area contributed by atoms with Gasteiger partial charge in [-0.2, -0.15) is 5.10 Å². The van der Waals surface area contributed by atoms with Crippen LogP contribution in [0.25, 0.3) is 0 Å². The number of aromatic nitrogens is 2. The van der Waals surface area contributed by atoms with Gasteiger partial charge < -0.3 is 5.32 Å². The van der Waals surface area contributed by atoms with Gasteiger partial charge in [-0.1, -0.05) is 12.1 Å². The van der Waals surface area contributed by atoms with E-state index in [9.17, 15) is 9.18 Å². The molecule has 4 nitrogen and oxygen atoms in total. The van der Waals surface area contributed by atoms with Gasteiger partial charge in [-0.05, 0) is 37.6 Å². The molecule has 0 radical (unpaired) electrons. The smallest absolute Gasteiger partial charge is 0.269 e. The van der Waals surface area contributed by atoms with Gasteiger partial charge in [-0.15, -0.1) is 0 Å². The molecule has 1 heterocycles. The zero-order valence-corrected chi connectivity index (χ0v) is 10.2. The van der Waals surface area contributed by atoms with Gasteiger partial charge in [-0.3, -0.25) is 9.89 Å². The van der Waals surface area contributed by atoms with Crippen LogP contribution in [0.4, 0.5) is 4.39 Å². The van der Waals surface area contributed by atoms with Gasteiger partial charge >= 0.3 is 0 Å². The number of benzene rings is 1. The van der Waals surface area contributed by atoms with Crippen LogP contribution in [0.1, 0.15) is 29.9 Å². The van der Waals surface area contributed by atoms with Crippen LogP contribution < -0.4 is 5.32 Å². The Morgan fingerprint density at radius 1 is 1.39 bits per heavy atom. The van der Waals surface area contributed by atoms with Crippen LogP contribution in [0.2, 0.25) is 0 Å². The fourth-order valence-electron chi connectivity index (χ4n) is 1.68. The first-order valence-corrected chi connectivity index (χ1v) is 5.57. The topological polar surface area (TPSA) is 57.8 Å². The lowest BCUT2D eigenvalue weighted by molar-refractivity contribution is 0.0906. The van der Waals surface area contributed by atoms with Gasteiger partial charge in [0.1, 0.15) is 11.5 Å². The Labute approximate surface area is 104 Å². The van der Waals surface area contributed by atoms with E-state index in [1.54, 1.807) is 18.2 Å². The Balaban J connectivity index is 2.19. The van der Waals surface area contributed by atoms with Gasteiger partial charge in [0.2, 0.25) is 0 Å². The predicted octanol–water partition coefficient (Wildman–Crippen LogP) is 2.21. The molecule has 2 aromatic rings. The molecule has 2 rings (SSSR count). The largest absolute Gasteiger partial charge is 0.342 e. The summed E-state index contributed by atoms with van der Waals surface area (Å²) in [6.07, 6.45) is 1.50. The molecule has 0 saturated carbocycles. The molecule has 0 bridgehead atoms. The second-order valence-corrected chi connectivity index (χ2v) is 4.56. The standard InChI is InChI=1S/C13H14FN3O/c1-13(2,9-4-3-5-10(14)8-9)16-12(18)11-6-7-15-17-11/h3-8H,1-2H3,(H,15,17)(H,16,18). The SMILES string of the molecule is CC(C)(NC(=O)c1ccn[nH]1)c1cccc(F)c1. The maximum absolute atomic E-state index is 13.2. The Hall–Kier alpha value is -2.17. The van der Waals surface area contributed by atoms with Gasteiger partial charge in [0.25, 0.3) is 5.91 Å². The van der Waals surface area contributed by atoms with Crippen molar-refractivity contribution in [3.63, 3.8) is 0 Å². The summed E-state index contributed by atoms with van der Waals surface area (Å²) in [7, 11) is 0. The third-order valence-electron chi connectivity index (χ3n) is 2.72. The van der Waals surface area contributed by atoms with Crippen LogP contribution in [0, 0.1) is 5.82 Å². The molecular formula is C13H14FN3O. The molecule has 1 aromatic heterocycles. The van der Waals surface area contributed by atoms with Crippen molar-refractivity contribution < 1.29 is 9.18 Å². The van der Waals surface area contributed by atoms with Crippen LogP contribution in [0.15, 0.2) is 36.5 Å². The minimum Gasteiger partial charge on any atom is -0.342 e. The van der Waals surface area contributed by atoms with Crippen molar-refractivity contribution in [2.24, 2.45) is 0 Å². The molecule has 1 amide bonds. The first-order valence-electron chi connectivity index (χ1n) is 5.57. The quantitative estimate of drug-likeness (QED) is 0.873. The summed E-state index contributed by atoms with van der Waals surface area (Å²) in [6, 6.07) is 7.76. The Bertz CT molecular complexity index is 549. The lowest BCUT2D eigenvalue weighted by Crippen LogP contribution is -2.41. The van der Waals surface area contributed by atoms with E-state index in [4.69, 9.17) is 0 Å². The number of halogens is 1. The molecule has 0 aliphatic carbocycles. The summed E-state index contributed by atoms with van der Waals surface area (Å²) in [5.41, 5.74) is 0.416. The minimum absolute atomic E-state index is 0.276. The summed E-state index contributed by atoms with van der Waals surface area (Å²) in [5.74, 6) is -0.599. The molecule has 1 aromatic carbocycles. The van der Waals surface area contributed by atoms with Gasteiger partial charge in [-0.25, -0.2) is 4.39 Å². The Morgan fingerprint density at radius 3 is 2.78 bits per heavy atom. The minimum atomic E-state index is -0.662. The molecule has 2 N–H and O–H groups in total. The molecule has 0 saturated heterocycles. The number of rotatable bonds is 3. The zero-order valence-electron chi connectivity index (χ0n) is 10.2. The zero-order chi connectivity index (χ0) is 13.2. The normalized spacial score (nSPS) is 11.3. The average molecular weight is 247 g/mol. The first-order chi connectivity index (χ1) is 8.49. The Morgan fingerprint density at radius 2 is 2.17 bits per heavy atom. The van der Waals surface area contributed by atoms with Crippen molar-refractivity contribution >= 4 is 5.91 Å². The van der Waals surface area contributed by atoms with Crippen molar-refractivity contribution in [1.29, 1.82) is 0 Å². The van der Waals surface area contributed by atoms with Crippen molar-refractivity contribution in [2.45, 2.75) is 19.4 Å². The number of H-pyrrole nitrogens is 1. The number of carbonyl (C=O) groups excluding carboxylic acids is 1. The molecular weight excluding hydrogens is 233 g/mol. The maximum atomic E-state index is 13.2. The van der Waals surface area contributed by atoms with Crippen molar-refractivity contribution in [3.05, 3.63) is 53.6 Å². The lowest BCUT2D eigenvalue weighted by Gasteiger charge is -2.26. The number of nitrogens with zero attached hydrogens (tertiary/aromatic N) is 1. The lowest BCUT2D eigenvalue weighted by atomic mass is 9.94. The molecule has 94 valence electrons. The number of carbonyl (C=O) groups is 1. The Kier molecular flexibility index (Phi) is 3.14. The molecule has 0 spiro atoms. The van der Waals surface area contributed by atoms with Crippen molar-refractivity contribution in [2.75, 3.05) is 0 Å². The molecule has 0 atom stereocenters. The number of nitrogens with one attached hydrogen (secondary N) is 2. The highest BCUT2D eigenvalue weighted by molar-refractivity contribution is 5.92. The van der Waals surface area contributed by atoms with E-state index in [0.717, 1.165) is 0 Å². The molecule has 0 aliphatic heterocycles. The molecule has 18 heavy (non-hydrogen) atoms. The van der Waals surface area contributed by atoms with Crippen molar-refractivity contribution in [1.82, 2.24) is 15.5 Å². The summed E-state index contributed by atoms with van der Waals surface area (Å²) in [4.78, 5) is 11.9. The highest BCUT2D eigenvalue weighted by atomic mass is 19.1. The summed E-state index contributed by atoms with van der Waals surface area (Å²) in [5, 5.41) is 9.13. The molecule has 0 aliphatic rings. The number of aromatic amines is 1. The third-order valence-corrected chi connectivity index (χ3v) is 2.72. The van der Waals surface area contributed by atoms with Crippen LogP contribution >= 0.6 is 0 Å². The van der Waals surface area contributed by atoms with Crippen LogP contribution in [0.3, 0.4) is 0 Å². The van der Waals surface area contributed by atoms with E-state index in [1.165, 1.54) is 18.3 Å². The van der Waals surface area contributed by atoms with Gasteiger partial charge in [0.15, 0.2) is 0 Å². The fourth-order valence-corrected chi connectivity index (χ4v) is 1.68. The molecule has 5 heteroatoms. The highest BCUT2D eigenvalue weighted by Gasteiger charge is 2.24.